The van der Waals surface area contributed by atoms with Crippen LogP contribution in [0.15, 0.2) is 48.7 Å². The maximum absolute atomic E-state index is 12.6. The molecule has 1 aliphatic heterocycles. The zero-order valence-corrected chi connectivity index (χ0v) is 14.9. The summed E-state index contributed by atoms with van der Waals surface area (Å²) in [6, 6.07) is 11.8. The zero-order valence-electron chi connectivity index (χ0n) is 14.1. The predicted molar refractivity (Wildman–Crippen MR) is 97.4 cm³/mol. The van der Waals surface area contributed by atoms with Gasteiger partial charge in [-0.15, -0.1) is 0 Å². The molecule has 0 aliphatic carbocycles. The number of aromatic nitrogens is 1. The number of nitrogens with one attached hydrogen (secondary N) is 1. The molecule has 1 aromatic carbocycles. The van der Waals surface area contributed by atoms with Crippen LogP contribution in [-0.2, 0) is 22.6 Å². The minimum Gasteiger partial charge on any atom is -0.391 e. The molecule has 6 nitrogen and oxygen atoms in total. The molecule has 0 saturated carbocycles. The Morgan fingerprint density at radius 2 is 2.00 bits per heavy atom. The number of carbonyl (C=O) groups excluding carboxylic acids is 2. The quantitative estimate of drug-likeness (QED) is 0.833. The maximum atomic E-state index is 12.6. The molecule has 7 heteroatoms. The number of rotatable bonds is 5. The van der Waals surface area contributed by atoms with Crippen molar-refractivity contribution in [3.63, 3.8) is 0 Å². The van der Waals surface area contributed by atoms with Gasteiger partial charge in [-0.3, -0.25) is 14.6 Å². The Morgan fingerprint density at radius 3 is 2.69 bits per heavy atom. The number of carbonyl (C=O) groups is 2. The maximum Gasteiger partial charge on any atom is 0.243 e. The number of aliphatic hydroxyl groups excluding tert-OH is 1. The minimum absolute atomic E-state index is 0.106. The molecule has 2 atom stereocenters. The third-order valence-corrected chi connectivity index (χ3v) is 4.59. The highest BCUT2D eigenvalue weighted by molar-refractivity contribution is 6.30. The second-order valence-corrected chi connectivity index (χ2v) is 6.73. The molecule has 1 fully saturated rings. The molecule has 1 aliphatic rings. The Balaban J connectivity index is 1.61. The summed E-state index contributed by atoms with van der Waals surface area (Å²) in [5.41, 5.74) is 1.55. The van der Waals surface area contributed by atoms with E-state index in [1.54, 1.807) is 30.5 Å². The average Bonchev–Trinajstić information content (AvgIpc) is 3.04. The van der Waals surface area contributed by atoms with Gasteiger partial charge in [0.05, 0.1) is 12.5 Å². The third kappa shape index (κ3) is 4.59. The van der Waals surface area contributed by atoms with E-state index in [-0.39, 0.29) is 31.2 Å². The van der Waals surface area contributed by atoms with E-state index < -0.39 is 12.1 Å². The Labute approximate surface area is 156 Å². The summed E-state index contributed by atoms with van der Waals surface area (Å²) >= 11 is 5.85. The van der Waals surface area contributed by atoms with Gasteiger partial charge in [0.15, 0.2) is 0 Å². The van der Waals surface area contributed by atoms with E-state index in [0.29, 0.717) is 17.3 Å². The molecule has 136 valence electrons. The van der Waals surface area contributed by atoms with Gasteiger partial charge in [-0.2, -0.15) is 0 Å². The number of β-amino-alcohol motifs (C(OH)–C–C–N with tert-alkyl or cyclic N) is 1. The molecule has 2 aromatic rings. The Kier molecular flexibility index (Phi) is 5.85. The lowest BCUT2D eigenvalue weighted by Gasteiger charge is -2.23. The van der Waals surface area contributed by atoms with Crippen LogP contribution < -0.4 is 5.32 Å². The smallest absolute Gasteiger partial charge is 0.243 e. The van der Waals surface area contributed by atoms with Crippen LogP contribution in [0.1, 0.15) is 17.7 Å². The highest BCUT2D eigenvalue weighted by Gasteiger charge is 2.38. The predicted octanol–water partition coefficient (Wildman–Crippen LogP) is 1.56. The fourth-order valence-electron chi connectivity index (χ4n) is 3.01. The second-order valence-electron chi connectivity index (χ2n) is 6.29. The zero-order chi connectivity index (χ0) is 18.5. The van der Waals surface area contributed by atoms with Crippen LogP contribution in [0.4, 0.5) is 0 Å². The lowest BCUT2D eigenvalue weighted by molar-refractivity contribution is -0.138. The van der Waals surface area contributed by atoms with E-state index in [1.807, 2.05) is 18.2 Å². The number of pyridine rings is 1. The molecule has 3 rings (SSSR count). The summed E-state index contributed by atoms with van der Waals surface area (Å²) in [5.74, 6) is -0.488. The molecule has 2 heterocycles. The van der Waals surface area contributed by atoms with Crippen molar-refractivity contribution >= 4 is 23.4 Å². The molecule has 0 radical (unpaired) electrons. The van der Waals surface area contributed by atoms with Crippen molar-refractivity contribution in [2.24, 2.45) is 0 Å². The van der Waals surface area contributed by atoms with E-state index in [9.17, 15) is 14.7 Å². The first-order valence-electron chi connectivity index (χ1n) is 8.42. The van der Waals surface area contributed by atoms with Crippen LogP contribution in [0, 0.1) is 0 Å². The molecule has 1 saturated heterocycles. The second kappa shape index (κ2) is 8.29. The van der Waals surface area contributed by atoms with Crippen LogP contribution in [0.2, 0.25) is 5.02 Å². The van der Waals surface area contributed by atoms with Gasteiger partial charge in [0.2, 0.25) is 11.8 Å². The number of halogens is 1. The van der Waals surface area contributed by atoms with Crippen LogP contribution in [-0.4, -0.2) is 45.5 Å². The van der Waals surface area contributed by atoms with E-state index in [2.05, 4.69) is 10.3 Å². The molecule has 26 heavy (non-hydrogen) atoms. The SMILES string of the molecule is O=C(NCc1ccc(Cl)cc1)[C@@H]1C[C@@H](O)CN1C(=O)Cc1ccccn1. The van der Waals surface area contributed by atoms with Crippen molar-refractivity contribution in [3.8, 4) is 0 Å². The number of benzene rings is 1. The lowest BCUT2D eigenvalue weighted by atomic mass is 10.1. The fourth-order valence-corrected chi connectivity index (χ4v) is 3.13. The molecular weight excluding hydrogens is 354 g/mol. The minimum atomic E-state index is -0.700. The third-order valence-electron chi connectivity index (χ3n) is 4.34. The summed E-state index contributed by atoms with van der Waals surface area (Å²) in [7, 11) is 0. The molecular formula is C19H20ClN3O3. The summed E-state index contributed by atoms with van der Waals surface area (Å²) in [6.07, 6.45) is 1.26. The highest BCUT2D eigenvalue weighted by atomic mass is 35.5. The van der Waals surface area contributed by atoms with Gasteiger partial charge in [0.25, 0.3) is 0 Å². The molecule has 2 amide bonds. The van der Waals surface area contributed by atoms with E-state index in [1.165, 1.54) is 4.90 Å². The van der Waals surface area contributed by atoms with Crippen molar-refractivity contribution in [2.45, 2.75) is 31.5 Å². The van der Waals surface area contributed by atoms with Crippen LogP contribution in [0.5, 0.6) is 0 Å². The first kappa shape index (κ1) is 18.4. The van der Waals surface area contributed by atoms with E-state index >= 15 is 0 Å². The monoisotopic (exact) mass is 373 g/mol. The Hall–Kier alpha value is -2.44. The number of aliphatic hydroxyl groups is 1. The first-order chi connectivity index (χ1) is 12.5. The van der Waals surface area contributed by atoms with Gasteiger partial charge in [0, 0.05) is 36.4 Å². The van der Waals surface area contributed by atoms with Gasteiger partial charge in [-0.05, 0) is 29.8 Å². The standard InChI is InChI=1S/C19H20ClN3O3/c20-14-6-4-13(5-7-14)11-22-19(26)17-10-16(24)12-23(17)18(25)9-15-3-1-2-8-21-15/h1-8,16-17,24H,9-12H2,(H,22,26)/t16-,17+/m1/s1. The summed E-state index contributed by atoms with van der Waals surface area (Å²) in [5, 5.41) is 13.4. The number of hydrogen-bond acceptors (Lipinski definition) is 4. The molecule has 0 unspecified atom stereocenters. The largest absolute Gasteiger partial charge is 0.391 e. The van der Waals surface area contributed by atoms with Crippen LogP contribution in [0.25, 0.3) is 0 Å². The Morgan fingerprint density at radius 1 is 1.23 bits per heavy atom. The van der Waals surface area contributed by atoms with Crippen molar-refractivity contribution in [3.05, 3.63) is 64.9 Å². The summed E-state index contributed by atoms with van der Waals surface area (Å²) in [4.78, 5) is 30.7. The van der Waals surface area contributed by atoms with Gasteiger partial charge in [-0.25, -0.2) is 0 Å². The number of nitrogens with zero attached hydrogens (tertiary/aromatic N) is 2. The van der Waals surface area contributed by atoms with Crippen molar-refractivity contribution < 1.29 is 14.7 Å². The average molecular weight is 374 g/mol. The fraction of sp³-hybridized carbons (Fsp3) is 0.316. The van der Waals surface area contributed by atoms with E-state index in [4.69, 9.17) is 11.6 Å². The highest BCUT2D eigenvalue weighted by Crippen LogP contribution is 2.20. The normalized spacial score (nSPS) is 19.4. The molecule has 2 N–H and O–H groups in total. The van der Waals surface area contributed by atoms with Crippen LogP contribution in [0.3, 0.4) is 0 Å². The van der Waals surface area contributed by atoms with Gasteiger partial charge in [0.1, 0.15) is 6.04 Å². The summed E-state index contributed by atoms with van der Waals surface area (Å²) < 4.78 is 0. The molecule has 0 bridgehead atoms. The lowest BCUT2D eigenvalue weighted by Crippen LogP contribution is -2.46. The van der Waals surface area contributed by atoms with Gasteiger partial charge in [-0.1, -0.05) is 29.8 Å². The summed E-state index contributed by atoms with van der Waals surface area (Å²) in [6.45, 7) is 0.496. The molecule has 1 aromatic heterocycles. The van der Waals surface area contributed by atoms with E-state index in [0.717, 1.165) is 5.56 Å². The first-order valence-corrected chi connectivity index (χ1v) is 8.80. The van der Waals surface area contributed by atoms with Crippen molar-refractivity contribution in [2.75, 3.05) is 6.54 Å². The number of hydrogen-bond donors (Lipinski definition) is 2. The molecule has 0 spiro atoms. The topological polar surface area (TPSA) is 82.5 Å². The van der Waals surface area contributed by atoms with Gasteiger partial charge >= 0.3 is 0 Å². The number of likely N-dealkylation sites (tertiary alicyclic amines) is 1. The van der Waals surface area contributed by atoms with Crippen LogP contribution >= 0.6 is 11.6 Å². The van der Waals surface area contributed by atoms with Crippen molar-refractivity contribution in [1.29, 1.82) is 0 Å². The van der Waals surface area contributed by atoms with Crippen molar-refractivity contribution in [1.82, 2.24) is 15.2 Å². The Bertz CT molecular complexity index is 767. The van der Waals surface area contributed by atoms with Gasteiger partial charge < -0.3 is 15.3 Å². The number of amides is 2.